The predicted molar refractivity (Wildman–Crippen MR) is 112 cm³/mol. The Morgan fingerprint density at radius 1 is 1.23 bits per heavy atom. The van der Waals surface area contributed by atoms with Crippen LogP contribution in [0.3, 0.4) is 0 Å². The Morgan fingerprint density at radius 3 is 2.70 bits per heavy atom. The Labute approximate surface area is 173 Å². The van der Waals surface area contributed by atoms with E-state index >= 15 is 0 Å². The van der Waals surface area contributed by atoms with Crippen LogP contribution in [0.4, 0.5) is 15.9 Å². The van der Waals surface area contributed by atoms with Gasteiger partial charge in [-0.1, -0.05) is 6.42 Å². The standard InChI is InChI=1S/C22H22FN5O2/c1-28(14-29)15-5-7-19(30)16(12-15)18-6-8-20(27-26-18)25-13-22(9-3-10-22)21-17(23)4-2-11-24-21/h2,4-8,11-12,14,30H,3,9-10,13H2,1H3,(H,25,27). The molecule has 3 aromatic rings. The maximum absolute atomic E-state index is 14.3. The maximum atomic E-state index is 14.3. The summed E-state index contributed by atoms with van der Waals surface area (Å²) in [5.41, 5.74) is 1.75. The molecular formula is C22H22FN5O2. The third-order valence-electron chi connectivity index (χ3n) is 5.67. The minimum Gasteiger partial charge on any atom is -0.507 e. The zero-order valence-corrected chi connectivity index (χ0v) is 16.5. The largest absolute Gasteiger partial charge is 0.507 e. The van der Waals surface area contributed by atoms with Crippen molar-refractivity contribution < 1.29 is 14.3 Å². The van der Waals surface area contributed by atoms with Gasteiger partial charge >= 0.3 is 0 Å². The van der Waals surface area contributed by atoms with Gasteiger partial charge in [-0.05, 0) is 55.3 Å². The Kier molecular flexibility index (Phi) is 5.31. The van der Waals surface area contributed by atoms with E-state index in [4.69, 9.17) is 0 Å². The first kappa shape index (κ1) is 19.8. The van der Waals surface area contributed by atoms with Crippen LogP contribution in [0, 0.1) is 5.82 Å². The van der Waals surface area contributed by atoms with Gasteiger partial charge in [0.1, 0.15) is 17.4 Å². The van der Waals surface area contributed by atoms with Crippen molar-refractivity contribution in [1.82, 2.24) is 15.2 Å². The van der Waals surface area contributed by atoms with Crippen molar-refractivity contribution in [3.63, 3.8) is 0 Å². The number of halogens is 1. The number of pyridine rings is 1. The first-order valence-electron chi connectivity index (χ1n) is 9.72. The van der Waals surface area contributed by atoms with Gasteiger partial charge in [-0.2, -0.15) is 0 Å². The van der Waals surface area contributed by atoms with E-state index in [1.54, 1.807) is 43.6 Å². The van der Waals surface area contributed by atoms with E-state index < -0.39 is 0 Å². The number of phenolic OH excluding ortho intramolecular Hbond substituents is 1. The average Bonchev–Trinajstić information content (AvgIpc) is 2.74. The van der Waals surface area contributed by atoms with Crippen LogP contribution in [0.2, 0.25) is 0 Å². The van der Waals surface area contributed by atoms with Crippen LogP contribution in [-0.2, 0) is 10.2 Å². The SMILES string of the molecule is CN(C=O)c1ccc(O)c(-c2ccc(NCC3(c4ncccc4F)CCC3)nn2)c1. The number of nitrogens with one attached hydrogen (secondary N) is 1. The number of aromatic nitrogens is 3. The molecule has 1 aliphatic rings. The molecular weight excluding hydrogens is 385 g/mol. The molecule has 0 atom stereocenters. The van der Waals surface area contributed by atoms with E-state index in [1.807, 2.05) is 0 Å². The summed E-state index contributed by atoms with van der Waals surface area (Å²) >= 11 is 0. The van der Waals surface area contributed by atoms with E-state index in [2.05, 4.69) is 20.5 Å². The van der Waals surface area contributed by atoms with Crippen LogP contribution in [0.5, 0.6) is 5.75 Å². The third-order valence-corrected chi connectivity index (χ3v) is 5.67. The zero-order chi connectivity index (χ0) is 21.1. The fourth-order valence-electron chi connectivity index (χ4n) is 3.72. The molecule has 4 rings (SSSR count). The first-order chi connectivity index (χ1) is 14.5. The minimum atomic E-state index is -0.336. The quantitative estimate of drug-likeness (QED) is 0.583. The number of carbonyl (C=O) groups excluding carboxylic acids is 1. The summed E-state index contributed by atoms with van der Waals surface area (Å²) in [6, 6.07) is 11.4. The van der Waals surface area contributed by atoms with Crippen molar-refractivity contribution in [2.75, 3.05) is 23.8 Å². The normalized spacial score (nSPS) is 14.6. The lowest BCUT2D eigenvalue weighted by molar-refractivity contribution is -0.107. The minimum absolute atomic E-state index is 0.0482. The third kappa shape index (κ3) is 3.68. The van der Waals surface area contributed by atoms with E-state index in [0.717, 1.165) is 19.3 Å². The number of amides is 1. The fourth-order valence-corrected chi connectivity index (χ4v) is 3.72. The fraction of sp³-hybridized carbons (Fsp3) is 0.273. The van der Waals surface area contributed by atoms with E-state index in [1.165, 1.54) is 17.0 Å². The van der Waals surface area contributed by atoms with E-state index in [-0.39, 0.29) is 17.0 Å². The second-order valence-electron chi connectivity index (χ2n) is 7.54. The Bertz CT molecular complexity index is 1050. The lowest BCUT2D eigenvalue weighted by atomic mass is 9.66. The van der Waals surface area contributed by atoms with Crippen molar-refractivity contribution in [2.45, 2.75) is 24.7 Å². The topological polar surface area (TPSA) is 91.2 Å². The average molecular weight is 407 g/mol. The molecule has 154 valence electrons. The van der Waals surface area contributed by atoms with Gasteiger partial charge in [-0.15, -0.1) is 10.2 Å². The van der Waals surface area contributed by atoms with Crippen molar-refractivity contribution in [1.29, 1.82) is 0 Å². The van der Waals surface area contributed by atoms with Gasteiger partial charge in [0.15, 0.2) is 0 Å². The van der Waals surface area contributed by atoms with Gasteiger partial charge in [0.25, 0.3) is 0 Å². The lowest BCUT2D eigenvalue weighted by Gasteiger charge is -2.41. The summed E-state index contributed by atoms with van der Waals surface area (Å²) in [5.74, 6) is 0.324. The van der Waals surface area contributed by atoms with Crippen molar-refractivity contribution in [3.8, 4) is 17.0 Å². The molecule has 0 unspecified atom stereocenters. The van der Waals surface area contributed by atoms with Gasteiger partial charge in [-0.25, -0.2) is 4.39 Å². The molecule has 2 N–H and O–H groups in total. The predicted octanol–water partition coefficient (Wildman–Crippen LogP) is 3.51. The summed E-state index contributed by atoms with van der Waals surface area (Å²) in [6.07, 6.45) is 5.08. The maximum Gasteiger partial charge on any atom is 0.213 e. The van der Waals surface area contributed by atoms with Crippen molar-refractivity contribution in [3.05, 3.63) is 60.2 Å². The number of hydrogen-bond donors (Lipinski definition) is 2. The molecule has 1 fully saturated rings. The second kappa shape index (κ2) is 8.06. The molecule has 1 aliphatic carbocycles. The van der Waals surface area contributed by atoms with Crippen molar-refractivity contribution >= 4 is 17.9 Å². The monoisotopic (exact) mass is 407 g/mol. The van der Waals surface area contributed by atoms with Gasteiger partial charge < -0.3 is 15.3 Å². The summed E-state index contributed by atoms with van der Waals surface area (Å²) in [6.45, 7) is 0.514. The highest BCUT2D eigenvalue weighted by atomic mass is 19.1. The van der Waals surface area contributed by atoms with Crippen LogP contribution in [0.15, 0.2) is 48.7 Å². The van der Waals surface area contributed by atoms with E-state index in [0.29, 0.717) is 41.4 Å². The molecule has 30 heavy (non-hydrogen) atoms. The summed E-state index contributed by atoms with van der Waals surface area (Å²) in [7, 11) is 1.63. The number of anilines is 2. The molecule has 1 amide bonds. The number of rotatable bonds is 7. The Morgan fingerprint density at radius 2 is 2.07 bits per heavy atom. The summed E-state index contributed by atoms with van der Waals surface area (Å²) in [5, 5.41) is 21.8. The highest BCUT2D eigenvalue weighted by molar-refractivity contribution is 5.79. The zero-order valence-electron chi connectivity index (χ0n) is 16.5. The van der Waals surface area contributed by atoms with Gasteiger partial charge in [0.05, 0.1) is 11.4 Å². The highest BCUT2D eigenvalue weighted by Crippen LogP contribution is 2.43. The number of nitrogens with zero attached hydrogens (tertiary/aromatic N) is 4. The smallest absolute Gasteiger partial charge is 0.213 e. The molecule has 7 nitrogen and oxygen atoms in total. The molecule has 0 saturated heterocycles. The molecule has 1 aromatic carbocycles. The van der Waals surface area contributed by atoms with Crippen LogP contribution >= 0.6 is 0 Å². The number of carbonyl (C=O) groups is 1. The molecule has 2 aromatic heterocycles. The number of aromatic hydroxyl groups is 1. The van der Waals surface area contributed by atoms with Crippen LogP contribution in [0.1, 0.15) is 25.0 Å². The molecule has 8 heteroatoms. The Hall–Kier alpha value is -3.55. The van der Waals surface area contributed by atoms with Crippen LogP contribution in [0.25, 0.3) is 11.3 Å². The van der Waals surface area contributed by atoms with E-state index in [9.17, 15) is 14.3 Å². The number of hydrogen-bond acceptors (Lipinski definition) is 6. The number of phenols is 1. The number of benzene rings is 1. The van der Waals surface area contributed by atoms with Crippen LogP contribution < -0.4 is 10.2 Å². The molecule has 0 bridgehead atoms. The van der Waals surface area contributed by atoms with Crippen LogP contribution in [-0.4, -0.2) is 40.3 Å². The summed E-state index contributed by atoms with van der Waals surface area (Å²) in [4.78, 5) is 16.7. The molecule has 0 spiro atoms. The van der Waals surface area contributed by atoms with Gasteiger partial charge in [0.2, 0.25) is 6.41 Å². The van der Waals surface area contributed by atoms with Crippen molar-refractivity contribution in [2.24, 2.45) is 0 Å². The first-order valence-corrected chi connectivity index (χ1v) is 9.72. The van der Waals surface area contributed by atoms with Gasteiger partial charge in [0, 0.05) is 36.5 Å². The Balaban J connectivity index is 1.51. The molecule has 0 radical (unpaired) electrons. The molecule has 0 aliphatic heterocycles. The molecule has 2 heterocycles. The van der Waals surface area contributed by atoms with Gasteiger partial charge in [-0.3, -0.25) is 9.78 Å². The highest BCUT2D eigenvalue weighted by Gasteiger charge is 2.41. The second-order valence-corrected chi connectivity index (χ2v) is 7.54. The lowest BCUT2D eigenvalue weighted by Crippen LogP contribution is -2.42. The summed E-state index contributed by atoms with van der Waals surface area (Å²) < 4.78 is 14.3. The molecule has 1 saturated carbocycles.